The second-order valence-electron chi connectivity index (χ2n) is 7.21. The Morgan fingerprint density at radius 3 is 2.33 bits per heavy atom. The van der Waals surface area contributed by atoms with E-state index in [4.69, 9.17) is 25.8 Å². The van der Waals surface area contributed by atoms with Gasteiger partial charge in [0.05, 0.1) is 12.6 Å². The van der Waals surface area contributed by atoms with Crippen LogP contribution in [-0.4, -0.2) is 51.7 Å². The van der Waals surface area contributed by atoms with E-state index in [1.807, 2.05) is 20.8 Å². The van der Waals surface area contributed by atoms with Crippen molar-refractivity contribution in [1.82, 2.24) is 5.32 Å². The van der Waals surface area contributed by atoms with Crippen molar-refractivity contribution in [2.75, 3.05) is 25.9 Å². The van der Waals surface area contributed by atoms with Crippen LogP contribution in [0.1, 0.15) is 20.8 Å². The van der Waals surface area contributed by atoms with E-state index >= 15 is 0 Å². The average molecular weight is 340 g/mol. The lowest BCUT2D eigenvalue weighted by Crippen LogP contribution is -2.42. The lowest BCUT2D eigenvalue weighted by Gasteiger charge is -2.22. The fourth-order valence-corrected chi connectivity index (χ4v) is 2.21. The predicted molar refractivity (Wildman–Crippen MR) is 88.8 cm³/mol. The first-order valence-corrected chi connectivity index (χ1v) is 11.5. The van der Waals surface area contributed by atoms with Crippen molar-refractivity contribution in [3.05, 3.63) is 0 Å². The molecule has 21 heavy (non-hydrogen) atoms. The fraction of sp³-hybridized carbons (Fsp3) is 0.929. The summed E-state index contributed by atoms with van der Waals surface area (Å²) in [5, 5.41) is 2.67. The van der Waals surface area contributed by atoms with E-state index in [1.165, 1.54) is 0 Å². The van der Waals surface area contributed by atoms with Gasteiger partial charge in [-0.1, -0.05) is 19.6 Å². The van der Waals surface area contributed by atoms with E-state index in [0.717, 1.165) is 6.04 Å². The monoisotopic (exact) mass is 339 g/mol. The summed E-state index contributed by atoms with van der Waals surface area (Å²) < 4.78 is 15.9. The van der Waals surface area contributed by atoms with Gasteiger partial charge in [0, 0.05) is 20.6 Å². The van der Waals surface area contributed by atoms with Crippen LogP contribution in [0.2, 0.25) is 25.7 Å². The number of carbonyl (C=O) groups is 1. The summed E-state index contributed by atoms with van der Waals surface area (Å²) in [5.41, 5.74) is -0.526. The largest absolute Gasteiger partial charge is 0.444 e. The molecule has 0 saturated heterocycles. The molecule has 0 rings (SSSR count). The second-order valence-corrected chi connectivity index (χ2v) is 13.1. The smallest absolute Gasteiger partial charge is 0.407 e. The highest BCUT2D eigenvalue weighted by Crippen LogP contribution is 2.08. The Balaban J connectivity index is 3.78. The Morgan fingerprint density at radius 1 is 1.24 bits per heavy atom. The zero-order valence-electron chi connectivity index (χ0n) is 14.1. The minimum absolute atomic E-state index is 0.216. The standard InChI is InChI=1S/C14H30ClNO4Si/c1-14(2,3)20-13(17)16-12(9-15)10-19-11-18-7-8-21(4,5)6/h12H,7-11H2,1-6H3,(H,16,17). The maximum Gasteiger partial charge on any atom is 0.407 e. The first kappa shape index (κ1) is 20.7. The predicted octanol–water partition coefficient (Wildman–Crippen LogP) is 3.45. The Morgan fingerprint density at radius 2 is 1.86 bits per heavy atom. The lowest BCUT2D eigenvalue weighted by atomic mass is 10.2. The van der Waals surface area contributed by atoms with Gasteiger partial charge in [-0.3, -0.25) is 0 Å². The molecule has 0 aromatic rings. The van der Waals surface area contributed by atoms with Crippen LogP contribution in [0.25, 0.3) is 0 Å². The van der Waals surface area contributed by atoms with Gasteiger partial charge in [0.15, 0.2) is 0 Å². The van der Waals surface area contributed by atoms with Gasteiger partial charge in [0.1, 0.15) is 12.4 Å². The Hall–Kier alpha value is -0.303. The van der Waals surface area contributed by atoms with Gasteiger partial charge in [0.2, 0.25) is 0 Å². The normalized spacial score (nSPS) is 13.9. The maximum absolute atomic E-state index is 11.6. The van der Waals surface area contributed by atoms with Gasteiger partial charge in [-0.15, -0.1) is 11.6 Å². The molecular formula is C14H30ClNO4Si. The highest BCUT2D eigenvalue weighted by Gasteiger charge is 2.19. The van der Waals surface area contributed by atoms with Crippen molar-refractivity contribution in [1.29, 1.82) is 0 Å². The molecule has 7 heteroatoms. The molecule has 0 saturated carbocycles. The number of rotatable bonds is 9. The van der Waals surface area contributed by atoms with Crippen LogP contribution < -0.4 is 5.32 Å². The van der Waals surface area contributed by atoms with Gasteiger partial charge in [-0.25, -0.2) is 4.79 Å². The summed E-state index contributed by atoms with van der Waals surface area (Å²) in [6.45, 7) is 13.5. The number of hydrogen-bond acceptors (Lipinski definition) is 4. The van der Waals surface area contributed by atoms with E-state index < -0.39 is 19.8 Å². The Kier molecular flexibility index (Phi) is 9.52. The zero-order chi connectivity index (χ0) is 16.5. The van der Waals surface area contributed by atoms with Crippen molar-refractivity contribution in [3.8, 4) is 0 Å². The van der Waals surface area contributed by atoms with Crippen LogP contribution in [0.5, 0.6) is 0 Å². The van der Waals surface area contributed by atoms with Crippen molar-refractivity contribution in [2.45, 2.75) is 58.1 Å². The summed E-state index contributed by atoms with van der Waals surface area (Å²) in [6, 6.07) is 0.813. The van der Waals surface area contributed by atoms with E-state index in [1.54, 1.807) is 0 Å². The van der Waals surface area contributed by atoms with Crippen LogP contribution in [0.3, 0.4) is 0 Å². The molecule has 1 amide bonds. The summed E-state index contributed by atoms with van der Waals surface area (Å²) >= 11 is 5.80. The SMILES string of the molecule is CC(C)(C)OC(=O)NC(CCl)COCOCC[Si](C)(C)C. The van der Waals surface area contributed by atoms with Gasteiger partial charge < -0.3 is 19.5 Å². The summed E-state index contributed by atoms with van der Waals surface area (Å²) in [5.74, 6) is 0.258. The van der Waals surface area contributed by atoms with Crippen molar-refractivity contribution < 1.29 is 19.0 Å². The van der Waals surface area contributed by atoms with E-state index in [9.17, 15) is 4.79 Å². The molecule has 0 aliphatic rings. The molecule has 1 atom stereocenters. The molecule has 0 bridgehead atoms. The molecule has 126 valence electrons. The Labute approximate surface area is 134 Å². The first-order chi connectivity index (χ1) is 9.53. The molecule has 0 radical (unpaired) electrons. The van der Waals surface area contributed by atoms with Crippen LogP contribution in [0.15, 0.2) is 0 Å². The number of carbonyl (C=O) groups excluding carboxylic acids is 1. The van der Waals surface area contributed by atoms with Gasteiger partial charge in [-0.2, -0.15) is 0 Å². The highest BCUT2D eigenvalue weighted by atomic mass is 35.5. The molecule has 1 unspecified atom stereocenters. The highest BCUT2D eigenvalue weighted by molar-refractivity contribution is 6.76. The topological polar surface area (TPSA) is 56.8 Å². The number of hydrogen-bond donors (Lipinski definition) is 1. The van der Waals surface area contributed by atoms with E-state index in [-0.39, 0.29) is 18.7 Å². The number of halogens is 1. The van der Waals surface area contributed by atoms with Crippen molar-refractivity contribution in [2.24, 2.45) is 0 Å². The number of alkyl halides is 1. The third-order valence-corrected chi connectivity index (χ3v) is 4.47. The molecule has 1 N–H and O–H groups in total. The molecule has 0 aliphatic heterocycles. The summed E-state index contributed by atoms with van der Waals surface area (Å²) in [7, 11) is -1.07. The van der Waals surface area contributed by atoms with E-state index in [2.05, 4.69) is 25.0 Å². The molecule has 0 spiro atoms. The van der Waals surface area contributed by atoms with Crippen molar-refractivity contribution in [3.63, 3.8) is 0 Å². The van der Waals surface area contributed by atoms with Crippen LogP contribution in [-0.2, 0) is 14.2 Å². The van der Waals surface area contributed by atoms with Gasteiger partial charge in [-0.05, 0) is 26.8 Å². The quantitative estimate of drug-likeness (QED) is 0.302. The van der Waals surface area contributed by atoms with E-state index in [0.29, 0.717) is 13.2 Å². The van der Waals surface area contributed by atoms with Crippen molar-refractivity contribution >= 4 is 25.8 Å². The number of nitrogens with one attached hydrogen (secondary N) is 1. The number of amides is 1. The minimum atomic E-state index is -1.07. The minimum Gasteiger partial charge on any atom is -0.444 e. The second kappa shape index (κ2) is 9.66. The number of alkyl carbamates (subject to hydrolysis) is 1. The molecule has 0 aromatic heterocycles. The zero-order valence-corrected chi connectivity index (χ0v) is 15.9. The molecule has 0 aliphatic carbocycles. The average Bonchev–Trinajstić information content (AvgIpc) is 2.28. The molecule has 0 fully saturated rings. The van der Waals surface area contributed by atoms with Crippen LogP contribution >= 0.6 is 11.6 Å². The first-order valence-electron chi connectivity index (χ1n) is 7.24. The number of ether oxygens (including phenoxy) is 3. The maximum atomic E-state index is 11.6. The Bertz CT molecular complexity index is 302. The molecular weight excluding hydrogens is 310 g/mol. The third-order valence-electron chi connectivity index (χ3n) is 2.39. The lowest BCUT2D eigenvalue weighted by molar-refractivity contribution is -0.0548. The van der Waals surface area contributed by atoms with Crippen LogP contribution in [0.4, 0.5) is 4.79 Å². The molecule has 0 aromatic carbocycles. The third kappa shape index (κ3) is 14.4. The summed E-state index contributed by atoms with van der Waals surface area (Å²) in [6.07, 6.45) is -0.489. The van der Waals surface area contributed by atoms with Gasteiger partial charge in [0.25, 0.3) is 0 Å². The fourth-order valence-electron chi connectivity index (χ4n) is 1.29. The van der Waals surface area contributed by atoms with Crippen LogP contribution in [0, 0.1) is 0 Å². The molecule has 5 nitrogen and oxygen atoms in total. The van der Waals surface area contributed by atoms with Gasteiger partial charge >= 0.3 is 6.09 Å². The summed E-state index contributed by atoms with van der Waals surface area (Å²) in [4.78, 5) is 11.6. The molecule has 0 heterocycles.